The highest BCUT2D eigenvalue weighted by atomic mass is 32.2. The third-order valence-electron chi connectivity index (χ3n) is 4.92. The first kappa shape index (κ1) is 20.7. The average molecular weight is 464 g/mol. The van der Waals surface area contributed by atoms with E-state index in [4.69, 9.17) is 9.40 Å². The van der Waals surface area contributed by atoms with Crippen molar-refractivity contribution in [2.45, 2.75) is 31.3 Å². The quantitative estimate of drug-likeness (QED) is 0.323. The van der Waals surface area contributed by atoms with Gasteiger partial charge in [-0.25, -0.2) is 4.98 Å². The van der Waals surface area contributed by atoms with E-state index in [9.17, 15) is 4.79 Å². The predicted molar refractivity (Wildman–Crippen MR) is 128 cm³/mol. The number of benzene rings is 1. The summed E-state index contributed by atoms with van der Waals surface area (Å²) >= 11 is 2.99. The number of hydrogen-bond donors (Lipinski definition) is 1. The molecule has 4 heterocycles. The fourth-order valence-corrected chi connectivity index (χ4v) is 5.32. The molecule has 0 aliphatic carbocycles. The summed E-state index contributed by atoms with van der Waals surface area (Å²) in [7, 11) is 0. The second kappa shape index (κ2) is 8.76. The zero-order valence-corrected chi connectivity index (χ0v) is 19.2. The number of thiophene rings is 1. The van der Waals surface area contributed by atoms with Crippen molar-refractivity contribution in [3.63, 3.8) is 0 Å². The second-order valence-corrected chi connectivity index (χ2v) is 9.59. The molecule has 5 rings (SSSR count). The molecular formula is C23H21N5O2S2. The third kappa shape index (κ3) is 4.01. The number of H-pyrrole nitrogens is 1. The maximum atomic E-state index is 12.9. The van der Waals surface area contributed by atoms with Crippen LogP contribution in [0.4, 0.5) is 0 Å². The van der Waals surface area contributed by atoms with Gasteiger partial charge in [0, 0.05) is 17.5 Å². The minimum Gasteiger partial charge on any atom is -0.461 e. The summed E-state index contributed by atoms with van der Waals surface area (Å²) in [4.78, 5) is 21.3. The monoisotopic (exact) mass is 463 g/mol. The van der Waals surface area contributed by atoms with E-state index >= 15 is 0 Å². The molecule has 0 bridgehead atoms. The molecule has 1 N–H and O–H groups in total. The Kier molecular flexibility index (Phi) is 5.67. The number of nitrogens with zero attached hydrogens (tertiary/aromatic N) is 4. The smallest absolute Gasteiger partial charge is 0.260 e. The molecule has 162 valence electrons. The molecule has 0 aliphatic heterocycles. The zero-order valence-electron chi connectivity index (χ0n) is 17.6. The van der Waals surface area contributed by atoms with E-state index < -0.39 is 0 Å². The summed E-state index contributed by atoms with van der Waals surface area (Å²) in [6, 6.07) is 13.6. The van der Waals surface area contributed by atoms with Crippen LogP contribution in [-0.4, -0.2) is 24.7 Å². The summed E-state index contributed by atoms with van der Waals surface area (Å²) < 4.78 is 7.59. The maximum Gasteiger partial charge on any atom is 0.260 e. The van der Waals surface area contributed by atoms with Crippen LogP contribution in [0.1, 0.15) is 19.7 Å². The van der Waals surface area contributed by atoms with E-state index in [-0.39, 0.29) is 5.56 Å². The highest BCUT2D eigenvalue weighted by Gasteiger charge is 2.18. The van der Waals surface area contributed by atoms with Gasteiger partial charge in [-0.15, -0.1) is 21.5 Å². The van der Waals surface area contributed by atoms with Crippen LogP contribution in [0.15, 0.2) is 68.5 Å². The number of fused-ring (bicyclic) bond motifs is 1. The van der Waals surface area contributed by atoms with Crippen molar-refractivity contribution < 1.29 is 4.42 Å². The van der Waals surface area contributed by atoms with Crippen LogP contribution >= 0.6 is 23.1 Å². The largest absolute Gasteiger partial charge is 0.461 e. The molecule has 0 amide bonds. The molecule has 0 saturated heterocycles. The number of aromatic amines is 1. The number of furan rings is 1. The molecule has 0 spiro atoms. The molecule has 1 aromatic carbocycles. The molecule has 7 nitrogen and oxygen atoms in total. The lowest BCUT2D eigenvalue weighted by molar-refractivity contribution is 0.489. The number of hydrogen-bond acceptors (Lipinski definition) is 7. The Bertz CT molecular complexity index is 1400. The van der Waals surface area contributed by atoms with E-state index in [1.807, 2.05) is 47.8 Å². The lowest BCUT2D eigenvalue weighted by atomic mass is 10.1. The number of aromatic nitrogens is 5. The van der Waals surface area contributed by atoms with Gasteiger partial charge in [0.25, 0.3) is 5.56 Å². The second-order valence-electron chi connectivity index (χ2n) is 7.78. The fraction of sp³-hybridized carbons (Fsp3) is 0.217. The first-order valence-corrected chi connectivity index (χ1v) is 12.1. The van der Waals surface area contributed by atoms with E-state index in [0.29, 0.717) is 34.5 Å². The third-order valence-corrected chi connectivity index (χ3v) is 6.77. The first-order chi connectivity index (χ1) is 15.6. The molecule has 4 aromatic heterocycles. The summed E-state index contributed by atoms with van der Waals surface area (Å²) in [5.74, 6) is 2.90. The Morgan fingerprint density at radius 1 is 1.16 bits per heavy atom. The maximum absolute atomic E-state index is 12.9. The van der Waals surface area contributed by atoms with Crippen LogP contribution in [0.25, 0.3) is 32.9 Å². The highest BCUT2D eigenvalue weighted by Crippen LogP contribution is 2.31. The minimum absolute atomic E-state index is 0.120. The molecular weight excluding hydrogens is 442 g/mol. The normalized spacial score (nSPS) is 11.6. The number of nitrogens with one attached hydrogen (secondary N) is 1. The van der Waals surface area contributed by atoms with E-state index in [1.54, 1.807) is 6.26 Å². The highest BCUT2D eigenvalue weighted by molar-refractivity contribution is 7.98. The zero-order chi connectivity index (χ0) is 22.1. The molecule has 32 heavy (non-hydrogen) atoms. The van der Waals surface area contributed by atoms with Crippen molar-refractivity contribution in [1.82, 2.24) is 24.7 Å². The van der Waals surface area contributed by atoms with Crippen LogP contribution in [0.5, 0.6) is 0 Å². The molecule has 9 heteroatoms. The van der Waals surface area contributed by atoms with Crippen molar-refractivity contribution in [3.05, 3.63) is 70.3 Å². The summed E-state index contributed by atoms with van der Waals surface area (Å²) in [5, 5.41) is 12.1. The Balaban J connectivity index is 1.43. The topological polar surface area (TPSA) is 89.6 Å². The lowest BCUT2D eigenvalue weighted by Crippen LogP contribution is -2.11. The van der Waals surface area contributed by atoms with Crippen LogP contribution in [-0.2, 0) is 12.3 Å². The Morgan fingerprint density at radius 2 is 2.00 bits per heavy atom. The molecule has 5 aromatic rings. The van der Waals surface area contributed by atoms with Crippen LogP contribution < -0.4 is 5.56 Å². The van der Waals surface area contributed by atoms with Gasteiger partial charge in [0.05, 0.1) is 17.4 Å². The first-order valence-electron chi connectivity index (χ1n) is 10.3. The number of thioether (sulfide) groups is 1. The van der Waals surface area contributed by atoms with Gasteiger partial charge in [0.1, 0.15) is 10.7 Å². The minimum atomic E-state index is -0.120. The number of rotatable bonds is 7. The van der Waals surface area contributed by atoms with E-state index in [0.717, 1.165) is 27.7 Å². The van der Waals surface area contributed by atoms with Gasteiger partial charge in [-0.05, 0) is 23.6 Å². The standard InChI is InChI=1S/C23H21N5O2S2/c1-14(2)11-28-20(17-9-6-10-30-17)26-27-23(28)32-13-18-24-21(29)19-16(12-31-22(19)25-18)15-7-4-3-5-8-15/h3-10,12,14H,11,13H2,1-2H3,(H,24,25,29). The van der Waals surface area contributed by atoms with Gasteiger partial charge in [0.15, 0.2) is 16.7 Å². The molecule has 0 radical (unpaired) electrons. The molecule has 0 atom stereocenters. The Hall–Kier alpha value is -3.17. The van der Waals surface area contributed by atoms with Crippen LogP contribution in [0.2, 0.25) is 0 Å². The molecule has 0 saturated carbocycles. The van der Waals surface area contributed by atoms with Crippen molar-refractivity contribution in [2.75, 3.05) is 0 Å². The van der Waals surface area contributed by atoms with Crippen molar-refractivity contribution in [1.29, 1.82) is 0 Å². The van der Waals surface area contributed by atoms with Crippen LogP contribution in [0.3, 0.4) is 0 Å². The lowest BCUT2D eigenvalue weighted by Gasteiger charge is -2.11. The molecule has 0 aliphatic rings. The summed E-state index contributed by atoms with van der Waals surface area (Å²) in [6.45, 7) is 5.06. The van der Waals surface area contributed by atoms with Gasteiger partial charge in [-0.2, -0.15) is 0 Å². The van der Waals surface area contributed by atoms with Gasteiger partial charge >= 0.3 is 0 Å². The van der Waals surface area contributed by atoms with Gasteiger partial charge in [-0.3, -0.25) is 9.36 Å². The van der Waals surface area contributed by atoms with E-state index in [2.05, 4.69) is 33.6 Å². The average Bonchev–Trinajstić information content (AvgIpc) is 3.52. The Morgan fingerprint density at radius 3 is 2.75 bits per heavy atom. The van der Waals surface area contributed by atoms with Crippen molar-refractivity contribution in [3.8, 4) is 22.7 Å². The molecule has 0 unspecified atom stereocenters. The van der Waals surface area contributed by atoms with Crippen LogP contribution in [0, 0.1) is 5.92 Å². The van der Waals surface area contributed by atoms with Gasteiger partial charge in [-0.1, -0.05) is 55.9 Å². The Labute approximate surface area is 192 Å². The molecule has 0 fully saturated rings. The van der Waals surface area contributed by atoms with E-state index in [1.165, 1.54) is 23.1 Å². The summed E-state index contributed by atoms with van der Waals surface area (Å²) in [6.07, 6.45) is 1.63. The summed E-state index contributed by atoms with van der Waals surface area (Å²) in [5.41, 5.74) is 1.81. The van der Waals surface area contributed by atoms with Gasteiger partial charge in [0.2, 0.25) is 0 Å². The van der Waals surface area contributed by atoms with Crippen molar-refractivity contribution in [2.24, 2.45) is 5.92 Å². The van der Waals surface area contributed by atoms with Crippen molar-refractivity contribution >= 4 is 33.3 Å². The fourth-order valence-electron chi connectivity index (χ4n) is 3.54. The van der Waals surface area contributed by atoms with Gasteiger partial charge < -0.3 is 9.40 Å². The predicted octanol–water partition coefficient (Wildman–Crippen LogP) is 5.45. The SMILES string of the molecule is CC(C)Cn1c(SCc2nc3scc(-c4ccccc4)c3c(=O)[nH]2)nnc1-c1ccco1.